The molecule has 0 heterocycles. The van der Waals surface area contributed by atoms with E-state index in [4.69, 9.17) is 0 Å². The maximum atomic E-state index is 11.2. The molecular weight excluding hydrogens is 180 g/mol. The monoisotopic (exact) mass is 196 g/mol. The van der Waals surface area contributed by atoms with Gasteiger partial charge in [0.25, 0.3) is 0 Å². The summed E-state index contributed by atoms with van der Waals surface area (Å²) in [6.45, 7) is 0. The molecule has 0 aromatic carbocycles. The minimum atomic E-state index is -0.133. The Morgan fingerprint density at radius 1 is 1.21 bits per heavy atom. The molecule has 0 aromatic heterocycles. The van der Waals surface area contributed by atoms with Crippen LogP contribution in [0.3, 0.4) is 0 Å². The molecule has 0 radical (unpaired) electrons. The first kappa shape index (κ1) is 10.8. The summed E-state index contributed by atoms with van der Waals surface area (Å²) in [5, 5.41) is 5.19. The van der Waals surface area contributed by atoms with Crippen LogP contribution in [0.2, 0.25) is 0 Å². The summed E-state index contributed by atoms with van der Waals surface area (Å²) in [4.78, 5) is 21.1. The number of carbonyl (C=O) groups is 2. The maximum absolute atomic E-state index is 11.2. The van der Waals surface area contributed by atoms with Gasteiger partial charge in [-0.15, -0.1) is 0 Å². The molecule has 0 aliphatic heterocycles. The van der Waals surface area contributed by atoms with Gasteiger partial charge < -0.3 is 10.6 Å². The minimum Gasteiger partial charge on any atom is -0.350 e. The van der Waals surface area contributed by atoms with Crippen LogP contribution >= 0.6 is 0 Å². The van der Waals surface area contributed by atoms with Crippen LogP contribution in [0.1, 0.15) is 32.1 Å². The fourth-order valence-electron chi connectivity index (χ4n) is 1.66. The van der Waals surface area contributed by atoms with Crippen molar-refractivity contribution in [3.8, 4) is 0 Å². The van der Waals surface area contributed by atoms with E-state index in [0.29, 0.717) is 12.5 Å². The maximum Gasteiger partial charge on any atom is 0.245 e. The zero-order valence-corrected chi connectivity index (χ0v) is 8.16. The van der Waals surface area contributed by atoms with E-state index in [1.54, 1.807) is 0 Å². The Morgan fingerprint density at radius 2 is 1.93 bits per heavy atom. The second kappa shape index (κ2) is 6.18. The molecule has 1 aliphatic carbocycles. The molecule has 78 valence electrons. The van der Waals surface area contributed by atoms with Crippen LogP contribution in [0.15, 0.2) is 12.3 Å². The van der Waals surface area contributed by atoms with E-state index >= 15 is 0 Å². The Hall–Kier alpha value is -1.32. The zero-order chi connectivity index (χ0) is 10.2. The Bertz CT molecular complexity index is 220. The summed E-state index contributed by atoms with van der Waals surface area (Å²) < 4.78 is 0. The first-order valence-corrected chi connectivity index (χ1v) is 4.99. The van der Waals surface area contributed by atoms with E-state index in [9.17, 15) is 9.59 Å². The highest BCUT2D eigenvalue weighted by molar-refractivity contribution is 5.87. The van der Waals surface area contributed by atoms with Crippen molar-refractivity contribution < 1.29 is 9.59 Å². The topological polar surface area (TPSA) is 58.2 Å². The Balaban J connectivity index is 2.21. The standard InChI is InChI=1S/C10H16N2O2/c13-8-11-7-6-10(14)12-9-4-2-1-3-5-9/h6-9H,1-5H2,(H,11,13)(H,12,14)/b7-6-. The van der Waals surface area contributed by atoms with Gasteiger partial charge in [-0.1, -0.05) is 19.3 Å². The largest absolute Gasteiger partial charge is 0.350 e. The quantitative estimate of drug-likeness (QED) is 0.513. The number of hydrogen-bond donors (Lipinski definition) is 2. The van der Waals surface area contributed by atoms with Gasteiger partial charge in [-0.3, -0.25) is 9.59 Å². The van der Waals surface area contributed by atoms with Crippen molar-refractivity contribution >= 4 is 12.3 Å². The van der Waals surface area contributed by atoms with E-state index in [0.717, 1.165) is 12.8 Å². The summed E-state index contributed by atoms with van der Waals surface area (Å²) in [7, 11) is 0. The van der Waals surface area contributed by atoms with Crippen molar-refractivity contribution in [2.45, 2.75) is 38.1 Å². The van der Waals surface area contributed by atoms with Gasteiger partial charge >= 0.3 is 0 Å². The highest BCUT2D eigenvalue weighted by atomic mass is 16.1. The molecule has 0 aromatic rings. The van der Waals surface area contributed by atoms with Gasteiger partial charge in [0, 0.05) is 18.3 Å². The van der Waals surface area contributed by atoms with Crippen LogP contribution in [0, 0.1) is 0 Å². The summed E-state index contributed by atoms with van der Waals surface area (Å²) in [6.07, 6.45) is 9.01. The lowest BCUT2D eigenvalue weighted by atomic mass is 9.95. The molecule has 1 rings (SSSR count). The summed E-state index contributed by atoms with van der Waals surface area (Å²) in [6, 6.07) is 0.317. The summed E-state index contributed by atoms with van der Waals surface area (Å²) in [5.74, 6) is -0.133. The molecule has 0 spiro atoms. The average Bonchev–Trinajstić information content (AvgIpc) is 2.20. The zero-order valence-electron chi connectivity index (χ0n) is 8.16. The van der Waals surface area contributed by atoms with E-state index in [1.165, 1.54) is 31.5 Å². The molecule has 0 atom stereocenters. The predicted octanol–water partition coefficient (Wildman–Crippen LogP) is 0.695. The second-order valence-corrected chi connectivity index (χ2v) is 3.46. The Morgan fingerprint density at radius 3 is 2.57 bits per heavy atom. The minimum absolute atomic E-state index is 0.133. The van der Waals surface area contributed by atoms with Crippen molar-refractivity contribution in [3.63, 3.8) is 0 Å². The summed E-state index contributed by atoms with van der Waals surface area (Å²) >= 11 is 0. The van der Waals surface area contributed by atoms with Crippen molar-refractivity contribution in [1.29, 1.82) is 0 Å². The number of amides is 2. The number of hydrogen-bond acceptors (Lipinski definition) is 2. The van der Waals surface area contributed by atoms with E-state index in [2.05, 4.69) is 10.6 Å². The Kier molecular flexibility index (Phi) is 4.75. The van der Waals surface area contributed by atoms with Crippen LogP contribution in [-0.4, -0.2) is 18.4 Å². The van der Waals surface area contributed by atoms with Crippen LogP contribution in [0.5, 0.6) is 0 Å². The second-order valence-electron chi connectivity index (χ2n) is 3.46. The van der Waals surface area contributed by atoms with Crippen molar-refractivity contribution in [1.82, 2.24) is 10.6 Å². The highest BCUT2D eigenvalue weighted by Crippen LogP contribution is 2.17. The third-order valence-electron chi connectivity index (χ3n) is 2.35. The van der Waals surface area contributed by atoms with Gasteiger partial charge in [-0.25, -0.2) is 0 Å². The normalized spacial score (nSPS) is 18.0. The molecule has 4 heteroatoms. The van der Waals surface area contributed by atoms with Crippen molar-refractivity contribution in [2.24, 2.45) is 0 Å². The molecule has 0 bridgehead atoms. The third kappa shape index (κ3) is 4.07. The van der Waals surface area contributed by atoms with Crippen LogP contribution in [0.25, 0.3) is 0 Å². The van der Waals surface area contributed by atoms with E-state index in [1.807, 2.05) is 0 Å². The van der Waals surface area contributed by atoms with Gasteiger partial charge in [-0.05, 0) is 12.8 Å². The predicted molar refractivity (Wildman–Crippen MR) is 53.4 cm³/mol. The number of carbonyl (C=O) groups excluding carboxylic acids is 2. The smallest absolute Gasteiger partial charge is 0.245 e. The van der Waals surface area contributed by atoms with Crippen LogP contribution in [0.4, 0.5) is 0 Å². The number of rotatable bonds is 4. The lowest BCUT2D eigenvalue weighted by Crippen LogP contribution is -2.35. The van der Waals surface area contributed by atoms with Crippen molar-refractivity contribution in [3.05, 3.63) is 12.3 Å². The fraction of sp³-hybridized carbons (Fsp3) is 0.600. The molecule has 14 heavy (non-hydrogen) atoms. The Labute approximate surface area is 83.8 Å². The first-order chi connectivity index (χ1) is 6.83. The molecule has 0 saturated heterocycles. The van der Waals surface area contributed by atoms with Gasteiger partial charge in [0.05, 0.1) is 0 Å². The SMILES string of the molecule is O=CN/C=C\C(=O)NC1CCCCC1. The lowest BCUT2D eigenvalue weighted by Gasteiger charge is -2.21. The lowest BCUT2D eigenvalue weighted by molar-refractivity contribution is -0.117. The van der Waals surface area contributed by atoms with Crippen LogP contribution in [-0.2, 0) is 9.59 Å². The van der Waals surface area contributed by atoms with E-state index in [-0.39, 0.29) is 5.91 Å². The molecular formula is C10H16N2O2. The molecule has 0 unspecified atom stereocenters. The third-order valence-corrected chi connectivity index (χ3v) is 2.35. The first-order valence-electron chi connectivity index (χ1n) is 4.99. The van der Waals surface area contributed by atoms with Crippen molar-refractivity contribution in [2.75, 3.05) is 0 Å². The van der Waals surface area contributed by atoms with Gasteiger partial charge in [-0.2, -0.15) is 0 Å². The van der Waals surface area contributed by atoms with Gasteiger partial charge in [0.2, 0.25) is 12.3 Å². The highest BCUT2D eigenvalue weighted by Gasteiger charge is 2.13. The van der Waals surface area contributed by atoms with Crippen LogP contribution < -0.4 is 10.6 Å². The molecule has 1 saturated carbocycles. The van der Waals surface area contributed by atoms with Gasteiger partial charge in [0.1, 0.15) is 0 Å². The molecule has 1 aliphatic rings. The molecule has 1 fully saturated rings. The fourth-order valence-corrected chi connectivity index (χ4v) is 1.66. The van der Waals surface area contributed by atoms with E-state index < -0.39 is 0 Å². The molecule has 4 nitrogen and oxygen atoms in total. The molecule has 2 amide bonds. The summed E-state index contributed by atoms with van der Waals surface area (Å²) in [5.41, 5.74) is 0. The average molecular weight is 196 g/mol. The number of nitrogens with one attached hydrogen (secondary N) is 2. The molecule has 2 N–H and O–H groups in total. The van der Waals surface area contributed by atoms with Gasteiger partial charge in [0.15, 0.2) is 0 Å².